The third kappa shape index (κ3) is 3.74. The Balaban J connectivity index is 2.13. The number of hydrogen-bond donors (Lipinski definition) is 1. The topological polar surface area (TPSA) is 61.2 Å². The van der Waals surface area contributed by atoms with Crippen LogP contribution in [0.2, 0.25) is 0 Å². The molecule has 0 spiro atoms. The average molecular weight is 296 g/mol. The van der Waals surface area contributed by atoms with Gasteiger partial charge in [0.2, 0.25) is 0 Å². The molecule has 1 heterocycles. The van der Waals surface area contributed by atoms with Crippen molar-refractivity contribution in [3.05, 3.63) is 53.9 Å². The van der Waals surface area contributed by atoms with Gasteiger partial charge in [-0.1, -0.05) is 18.2 Å². The summed E-state index contributed by atoms with van der Waals surface area (Å²) in [6.07, 6.45) is 1.67. The maximum atomic E-state index is 8.77. The van der Waals surface area contributed by atoms with Gasteiger partial charge in [-0.15, -0.1) is 0 Å². The van der Waals surface area contributed by atoms with Crippen LogP contribution in [0, 0.1) is 11.3 Å². The summed E-state index contributed by atoms with van der Waals surface area (Å²) in [7, 11) is 5.76. The lowest BCUT2D eigenvalue weighted by molar-refractivity contribution is 0.300. The summed E-state index contributed by atoms with van der Waals surface area (Å²) in [6, 6.07) is 13.8. The zero-order chi connectivity index (χ0) is 15.9. The fourth-order valence-corrected chi connectivity index (χ4v) is 2.29. The number of nitrogens with one attached hydrogen (secondary N) is 1. The fraction of sp³-hybridized carbons (Fsp3) is 0.294. The Morgan fingerprint density at radius 2 is 2.05 bits per heavy atom. The third-order valence-electron chi connectivity index (χ3n) is 3.50. The second-order valence-electron chi connectivity index (χ2n) is 5.15. The number of likely N-dealkylation sites (N-methyl/N-ethyl adjacent to an activating group) is 1. The minimum Gasteiger partial charge on any atom is -0.496 e. The van der Waals surface area contributed by atoms with E-state index in [4.69, 9.17) is 10.00 Å². The smallest absolute Gasteiger partial charge is 0.140 e. The van der Waals surface area contributed by atoms with E-state index < -0.39 is 0 Å². The van der Waals surface area contributed by atoms with Crippen molar-refractivity contribution in [1.82, 2.24) is 9.88 Å². The molecule has 0 aliphatic heterocycles. The molecule has 0 saturated heterocycles. The molecule has 0 bridgehead atoms. The van der Waals surface area contributed by atoms with E-state index in [1.807, 2.05) is 44.4 Å². The number of nitriles is 1. The van der Waals surface area contributed by atoms with E-state index in [1.165, 1.54) is 0 Å². The molecule has 0 radical (unpaired) electrons. The van der Waals surface area contributed by atoms with Crippen LogP contribution >= 0.6 is 0 Å². The van der Waals surface area contributed by atoms with Gasteiger partial charge in [0.25, 0.3) is 0 Å². The molecule has 22 heavy (non-hydrogen) atoms. The third-order valence-corrected chi connectivity index (χ3v) is 3.50. The molecule has 1 aromatic carbocycles. The first kappa shape index (κ1) is 15.8. The Morgan fingerprint density at radius 3 is 2.64 bits per heavy atom. The molecular formula is C17H20N4O. The summed E-state index contributed by atoms with van der Waals surface area (Å²) in [5.74, 6) is 0.876. The van der Waals surface area contributed by atoms with Gasteiger partial charge >= 0.3 is 0 Å². The second-order valence-corrected chi connectivity index (χ2v) is 5.15. The average Bonchev–Trinajstić information content (AvgIpc) is 2.55. The van der Waals surface area contributed by atoms with Crippen molar-refractivity contribution in [2.24, 2.45) is 0 Å². The Bertz CT molecular complexity index is 646. The number of methoxy groups -OCH3 is 1. The van der Waals surface area contributed by atoms with Crippen LogP contribution in [0.1, 0.15) is 17.3 Å². The van der Waals surface area contributed by atoms with Crippen molar-refractivity contribution < 1.29 is 4.74 Å². The Kier molecular flexibility index (Phi) is 5.34. The van der Waals surface area contributed by atoms with Gasteiger partial charge in [0, 0.05) is 12.1 Å². The number of rotatable bonds is 6. The first-order chi connectivity index (χ1) is 10.7. The summed E-state index contributed by atoms with van der Waals surface area (Å²) >= 11 is 0. The molecule has 0 saturated carbocycles. The zero-order valence-corrected chi connectivity index (χ0v) is 13.1. The maximum Gasteiger partial charge on any atom is 0.140 e. The predicted molar refractivity (Wildman–Crippen MR) is 86.9 cm³/mol. The van der Waals surface area contributed by atoms with Crippen LogP contribution in [0.5, 0.6) is 5.75 Å². The van der Waals surface area contributed by atoms with Crippen LogP contribution in [0.25, 0.3) is 0 Å². The molecule has 2 aromatic rings. The summed E-state index contributed by atoms with van der Waals surface area (Å²) < 4.78 is 5.46. The lowest BCUT2D eigenvalue weighted by atomic mass is 10.0. The zero-order valence-electron chi connectivity index (χ0n) is 13.1. The molecule has 114 valence electrons. The monoisotopic (exact) mass is 296 g/mol. The van der Waals surface area contributed by atoms with Crippen molar-refractivity contribution in [3.63, 3.8) is 0 Å². The first-order valence-electron chi connectivity index (χ1n) is 7.05. The molecule has 5 heteroatoms. The van der Waals surface area contributed by atoms with Crippen molar-refractivity contribution in [1.29, 1.82) is 5.26 Å². The predicted octanol–water partition coefficient (Wildman–Crippen LogP) is 2.68. The van der Waals surface area contributed by atoms with Crippen LogP contribution in [0.3, 0.4) is 0 Å². The Labute approximate surface area is 131 Å². The van der Waals surface area contributed by atoms with Crippen molar-refractivity contribution in [2.75, 3.05) is 33.1 Å². The largest absolute Gasteiger partial charge is 0.496 e. The standard InChI is InChI=1S/C17H20N4O/c1-21(2)16(15-6-4-5-7-17(15)22-3)12-20-14-9-8-13(10-18)19-11-14/h4-9,11,16,20H,12H2,1-3H3. The van der Waals surface area contributed by atoms with Gasteiger partial charge in [0.05, 0.1) is 25.0 Å². The van der Waals surface area contributed by atoms with E-state index in [9.17, 15) is 0 Å². The summed E-state index contributed by atoms with van der Waals surface area (Å²) in [5, 5.41) is 12.1. The molecule has 0 aliphatic carbocycles. The quantitative estimate of drug-likeness (QED) is 0.888. The molecular weight excluding hydrogens is 276 g/mol. The van der Waals surface area contributed by atoms with Crippen LogP contribution in [-0.2, 0) is 0 Å². The van der Waals surface area contributed by atoms with Gasteiger partial charge in [-0.05, 0) is 32.3 Å². The Morgan fingerprint density at radius 1 is 1.27 bits per heavy atom. The summed E-state index contributed by atoms with van der Waals surface area (Å²) in [6.45, 7) is 0.709. The number of benzene rings is 1. The molecule has 1 unspecified atom stereocenters. The van der Waals surface area contributed by atoms with Gasteiger partial charge < -0.3 is 15.0 Å². The van der Waals surface area contributed by atoms with Gasteiger partial charge in [-0.2, -0.15) is 5.26 Å². The van der Waals surface area contributed by atoms with E-state index in [1.54, 1.807) is 19.4 Å². The van der Waals surface area contributed by atoms with E-state index in [2.05, 4.69) is 21.3 Å². The molecule has 0 aliphatic rings. The highest BCUT2D eigenvalue weighted by Crippen LogP contribution is 2.28. The van der Waals surface area contributed by atoms with E-state index in [0.29, 0.717) is 12.2 Å². The number of aromatic nitrogens is 1. The van der Waals surface area contributed by atoms with Gasteiger partial charge in [-0.3, -0.25) is 0 Å². The first-order valence-corrected chi connectivity index (χ1v) is 7.05. The Hall–Kier alpha value is -2.58. The molecule has 1 atom stereocenters. The summed E-state index contributed by atoms with van der Waals surface area (Å²) in [4.78, 5) is 6.21. The van der Waals surface area contributed by atoms with Gasteiger partial charge in [0.15, 0.2) is 0 Å². The number of ether oxygens (including phenoxy) is 1. The van der Waals surface area contributed by atoms with Crippen molar-refractivity contribution in [2.45, 2.75) is 6.04 Å². The minimum absolute atomic E-state index is 0.159. The molecule has 1 aromatic heterocycles. The van der Waals surface area contributed by atoms with E-state index in [0.717, 1.165) is 17.0 Å². The van der Waals surface area contributed by atoms with Crippen molar-refractivity contribution >= 4 is 5.69 Å². The van der Waals surface area contributed by atoms with Crippen LogP contribution in [-0.4, -0.2) is 37.6 Å². The SMILES string of the molecule is COc1ccccc1C(CNc1ccc(C#N)nc1)N(C)C. The van der Waals surface area contributed by atoms with Gasteiger partial charge in [0.1, 0.15) is 17.5 Å². The number of para-hydroxylation sites is 1. The minimum atomic E-state index is 0.159. The van der Waals surface area contributed by atoms with Crippen LogP contribution < -0.4 is 10.1 Å². The number of pyridine rings is 1. The highest BCUT2D eigenvalue weighted by Gasteiger charge is 2.17. The van der Waals surface area contributed by atoms with Crippen molar-refractivity contribution in [3.8, 4) is 11.8 Å². The molecule has 2 rings (SSSR count). The highest BCUT2D eigenvalue weighted by atomic mass is 16.5. The lowest BCUT2D eigenvalue weighted by Gasteiger charge is -2.27. The van der Waals surface area contributed by atoms with E-state index in [-0.39, 0.29) is 6.04 Å². The maximum absolute atomic E-state index is 8.77. The van der Waals surface area contributed by atoms with Gasteiger partial charge in [-0.25, -0.2) is 4.98 Å². The lowest BCUT2D eigenvalue weighted by Crippen LogP contribution is -2.27. The normalized spacial score (nSPS) is 11.8. The number of hydrogen-bond acceptors (Lipinski definition) is 5. The molecule has 5 nitrogen and oxygen atoms in total. The molecule has 0 fully saturated rings. The highest BCUT2D eigenvalue weighted by molar-refractivity contribution is 5.44. The number of nitrogens with zero attached hydrogens (tertiary/aromatic N) is 3. The fourth-order valence-electron chi connectivity index (χ4n) is 2.29. The second kappa shape index (κ2) is 7.43. The molecule has 1 N–H and O–H groups in total. The summed E-state index contributed by atoms with van der Waals surface area (Å²) in [5.41, 5.74) is 2.43. The number of anilines is 1. The van der Waals surface area contributed by atoms with Crippen LogP contribution in [0.4, 0.5) is 5.69 Å². The van der Waals surface area contributed by atoms with Crippen LogP contribution in [0.15, 0.2) is 42.6 Å². The molecule has 0 amide bonds. The van der Waals surface area contributed by atoms with E-state index >= 15 is 0 Å².